The van der Waals surface area contributed by atoms with E-state index in [9.17, 15) is 13.0 Å². The largest absolute Gasteiger partial charge is 0.344 e. The normalized spacial score (nSPS) is 29.9. The third-order valence-corrected chi connectivity index (χ3v) is 7.97. The number of hydrogen-bond acceptors (Lipinski definition) is 5. The molecule has 1 rings (SSSR count). The molecule has 2 N–H and O–H groups in total. The van der Waals surface area contributed by atoms with E-state index < -0.39 is 17.8 Å². The highest BCUT2D eigenvalue weighted by Gasteiger charge is 2.40. The molecule has 1 saturated heterocycles. The minimum Gasteiger partial charge on any atom is -0.303 e. The molecule has 1 aliphatic rings. The number of nitrogens with zero attached hydrogens (tertiary/aromatic N) is 1. The molecule has 22 heavy (non-hydrogen) atoms. The van der Waals surface area contributed by atoms with Gasteiger partial charge in [0.15, 0.2) is 0 Å². The Morgan fingerprint density at radius 3 is 2.50 bits per heavy atom. The molecule has 0 spiro atoms. The van der Waals surface area contributed by atoms with Gasteiger partial charge in [-0.15, -0.1) is 35.0 Å². The topological polar surface area (TPSA) is 95.9 Å². The number of alkyl halides is 2. The van der Waals surface area contributed by atoms with Gasteiger partial charge in [-0.2, -0.15) is 8.42 Å². The molecular formula is C10H21Cl2N2O5PS2. The molecule has 0 aromatic carbocycles. The van der Waals surface area contributed by atoms with E-state index in [0.29, 0.717) is 31.3 Å². The third-order valence-electron chi connectivity index (χ3n) is 2.89. The van der Waals surface area contributed by atoms with Crippen LogP contribution in [-0.4, -0.2) is 65.5 Å². The second-order valence-corrected chi connectivity index (χ2v) is 10.5. The summed E-state index contributed by atoms with van der Waals surface area (Å²) in [4.78, 5) is 0. The molecule has 12 heteroatoms. The highest BCUT2D eigenvalue weighted by atomic mass is 35.5. The molecule has 3 atom stereocenters. The summed E-state index contributed by atoms with van der Waals surface area (Å²) in [6, 6.07) is 0. The fraction of sp³-hybridized carbons (Fsp3) is 1.00. The van der Waals surface area contributed by atoms with Gasteiger partial charge < -0.3 is 4.52 Å². The van der Waals surface area contributed by atoms with Gasteiger partial charge in [0, 0.05) is 30.6 Å². The van der Waals surface area contributed by atoms with Gasteiger partial charge in [-0.05, 0) is 13.3 Å². The van der Waals surface area contributed by atoms with Crippen molar-refractivity contribution >= 4 is 52.8 Å². The predicted molar refractivity (Wildman–Crippen MR) is 91.6 cm³/mol. The van der Waals surface area contributed by atoms with Crippen molar-refractivity contribution in [2.75, 3.05) is 36.4 Å². The molecule has 0 bridgehead atoms. The summed E-state index contributed by atoms with van der Waals surface area (Å²) in [7, 11) is -7.26. The zero-order chi connectivity index (χ0) is 16.8. The molecule has 0 radical (unpaired) electrons. The summed E-state index contributed by atoms with van der Waals surface area (Å²) < 4.78 is 50.4. The smallest absolute Gasteiger partial charge is 0.303 e. The average Bonchev–Trinajstić information content (AvgIpc) is 2.36. The number of hydrogen-bond donors (Lipinski definition) is 2. The van der Waals surface area contributed by atoms with Crippen LogP contribution in [0.25, 0.3) is 0 Å². The van der Waals surface area contributed by atoms with E-state index in [1.807, 2.05) is 6.92 Å². The molecule has 0 amide bonds. The minimum atomic E-state index is -4.00. The van der Waals surface area contributed by atoms with Crippen molar-refractivity contribution in [2.24, 2.45) is 0 Å². The molecule has 0 saturated carbocycles. The van der Waals surface area contributed by atoms with Gasteiger partial charge in [0.1, 0.15) is 0 Å². The molecule has 1 aliphatic heterocycles. The maximum atomic E-state index is 13.0. The molecule has 1 heterocycles. The van der Waals surface area contributed by atoms with Crippen LogP contribution in [0.5, 0.6) is 0 Å². The lowest BCUT2D eigenvalue weighted by Crippen LogP contribution is -2.42. The number of thioether (sulfide) groups is 1. The fourth-order valence-electron chi connectivity index (χ4n) is 1.97. The van der Waals surface area contributed by atoms with Crippen LogP contribution >= 0.6 is 42.6 Å². The first-order valence-electron chi connectivity index (χ1n) is 6.70. The van der Waals surface area contributed by atoms with Crippen LogP contribution < -0.4 is 5.09 Å². The van der Waals surface area contributed by atoms with Gasteiger partial charge in [-0.1, -0.05) is 0 Å². The van der Waals surface area contributed by atoms with E-state index in [1.54, 1.807) is 4.67 Å². The molecule has 3 unspecified atom stereocenters. The quantitative estimate of drug-likeness (QED) is 0.336. The fourth-order valence-corrected chi connectivity index (χ4v) is 7.36. The summed E-state index contributed by atoms with van der Waals surface area (Å²) in [5, 5.41) is 2.71. The van der Waals surface area contributed by atoms with Crippen molar-refractivity contribution in [1.82, 2.24) is 9.76 Å². The zero-order valence-corrected chi connectivity index (χ0v) is 16.2. The first-order valence-corrected chi connectivity index (χ1v) is 12.0. The van der Waals surface area contributed by atoms with Crippen molar-refractivity contribution in [2.45, 2.75) is 24.8 Å². The molecular weight excluding hydrogens is 394 g/mol. The number of halogens is 2. The van der Waals surface area contributed by atoms with Crippen molar-refractivity contribution in [1.29, 1.82) is 0 Å². The Morgan fingerprint density at radius 1 is 1.41 bits per heavy atom. The number of nitrogens with one attached hydrogen (secondary N) is 1. The van der Waals surface area contributed by atoms with Gasteiger partial charge in [0.05, 0.1) is 17.2 Å². The van der Waals surface area contributed by atoms with Crippen molar-refractivity contribution in [3.05, 3.63) is 0 Å². The predicted octanol–water partition coefficient (Wildman–Crippen LogP) is 2.22. The van der Waals surface area contributed by atoms with Crippen LogP contribution in [-0.2, 0) is 19.2 Å². The summed E-state index contributed by atoms with van der Waals surface area (Å²) in [6.45, 7) is 2.55. The molecule has 7 nitrogen and oxygen atoms in total. The Kier molecular flexibility index (Phi) is 9.01. The van der Waals surface area contributed by atoms with E-state index in [-0.39, 0.29) is 23.0 Å². The lowest BCUT2D eigenvalue weighted by molar-refractivity contribution is 0.157. The lowest BCUT2D eigenvalue weighted by atomic mass is 10.3. The van der Waals surface area contributed by atoms with Crippen molar-refractivity contribution in [3.8, 4) is 0 Å². The monoisotopic (exact) mass is 414 g/mol. The molecule has 0 aliphatic carbocycles. The highest BCUT2D eigenvalue weighted by Crippen LogP contribution is 2.52. The van der Waals surface area contributed by atoms with Crippen LogP contribution in [0.1, 0.15) is 13.3 Å². The van der Waals surface area contributed by atoms with E-state index in [2.05, 4.69) is 5.09 Å². The Hall–Kier alpha value is 0.950. The molecule has 0 aromatic heterocycles. The van der Waals surface area contributed by atoms with E-state index in [0.717, 1.165) is 0 Å². The second-order valence-electron chi connectivity index (χ2n) is 4.78. The second kappa shape index (κ2) is 9.44. The summed E-state index contributed by atoms with van der Waals surface area (Å²) >= 11 is 12.8. The van der Waals surface area contributed by atoms with Crippen LogP contribution in [0.4, 0.5) is 0 Å². The van der Waals surface area contributed by atoms with Gasteiger partial charge in [0.25, 0.3) is 10.1 Å². The van der Waals surface area contributed by atoms with Gasteiger partial charge in [0.2, 0.25) is 0 Å². The van der Waals surface area contributed by atoms with Crippen molar-refractivity contribution in [3.63, 3.8) is 0 Å². The van der Waals surface area contributed by atoms with E-state index in [4.69, 9.17) is 32.3 Å². The van der Waals surface area contributed by atoms with Crippen LogP contribution in [0, 0.1) is 0 Å². The summed E-state index contributed by atoms with van der Waals surface area (Å²) in [5.74, 6) is 0.443. The van der Waals surface area contributed by atoms with Gasteiger partial charge in [-0.3, -0.25) is 9.12 Å². The molecule has 0 aromatic rings. The molecule has 1 fully saturated rings. The summed E-state index contributed by atoms with van der Waals surface area (Å²) in [5.41, 5.74) is 0. The summed E-state index contributed by atoms with van der Waals surface area (Å²) in [6.07, 6.45) is 0.332. The Labute approximate surface area is 145 Å². The Bertz CT molecular complexity index is 490. The standard InChI is InChI=1S/C10H21Cl2N2O5PS2/c1-9-8-10(21-6-7-22(16,17)18)13-20(15,19-9)14(4-2-11)5-3-12/h9-10H,2-8H2,1H3,(H,13,15)(H,16,17,18). The van der Waals surface area contributed by atoms with E-state index in [1.165, 1.54) is 11.8 Å². The zero-order valence-electron chi connectivity index (χ0n) is 12.2. The van der Waals surface area contributed by atoms with Gasteiger partial charge >= 0.3 is 7.67 Å². The van der Waals surface area contributed by atoms with E-state index >= 15 is 0 Å². The molecule has 132 valence electrons. The third kappa shape index (κ3) is 7.23. The van der Waals surface area contributed by atoms with Crippen LogP contribution in [0.2, 0.25) is 0 Å². The average molecular weight is 415 g/mol. The highest BCUT2D eigenvalue weighted by molar-refractivity contribution is 8.01. The maximum absolute atomic E-state index is 13.0. The first kappa shape index (κ1) is 21.0. The van der Waals surface area contributed by atoms with Crippen molar-refractivity contribution < 1.29 is 22.1 Å². The van der Waals surface area contributed by atoms with Crippen LogP contribution in [0.15, 0.2) is 0 Å². The Balaban J connectivity index is 2.69. The minimum absolute atomic E-state index is 0.203. The number of rotatable bonds is 9. The lowest BCUT2D eigenvalue weighted by Gasteiger charge is -2.39. The van der Waals surface area contributed by atoms with Gasteiger partial charge in [-0.25, -0.2) is 9.76 Å². The Morgan fingerprint density at radius 2 is 2.00 bits per heavy atom. The van der Waals surface area contributed by atoms with Crippen LogP contribution in [0.3, 0.4) is 0 Å². The SMILES string of the molecule is CC1CC(SCCS(=O)(=O)O)NP(=O)(N(CCCl)CCCl)O1. The maximum Gasteiger partial charge on any atom is 0.344 e. The first-order chi connectivity index (χ1) is 10.2.